The highest BCUT2D eigenvalue weighted by atomic mass is 35.5. The van der Waals surface area contributed by atoms with Crippen molar-refractivity contribution < 1.29 is 13.2 Å². The molecule has 0 radical (unpaired) electrons. The zero-order chi connectivity index (χ0) is 11.7. The summed E-state index contributed by atoms with van der Waals surface area (Å²) in [6.07, 6.45) is 1.66. The maximum Gasteiger partial charge on any atom is 0.211 e. The molecule has 0 fully saturated rings. The van der Waals surface area contributed by atoms with Crippen LogP contribution in [-0.4, -0.2) is 40.3 Å². The first kappa shape index (κ1) is 15.2. The van der Waals surface area contributed by atoms with Crippen molar-refractivity contribution in [3.05, 3.63) is 0 Å². The minimum atomic E-state index is -3.16. The maximum absolute atomic E-state index is 11.4. The molecule has 0 aliphatic heterocycles. The molecular weight excluding hydrogens is 238 g/mol. The van der Waals surface area contributed by atoms with E-state index in [-0.39, 0.29) is 11.7 Å². The number of unbranched alkanes of at least 4 members (excludes halogenated alkanes) is 1. The fraction of sp³-hybridized carbons (Fsp3) is 1.00. The van der Waals surface area contributed by atoms with Crippen LogP contribution in [0.2, 0.25) is 0 Å². The summed E-state index contributed by atoms with van der Waals surface area (Å²) in [4.78, 5) is 0. The number of sulfonamides is 1. The molecule has 92 valence electrons. The smallest absolute Gasteiger partial charge is 0.211 e. The summed E-state index contributed by atoms with van der Waals surface area (Å²) in [6, 6.07) is 0. The third-order valence-electron chi connectivity index (χ3n) is 1.86. The first-order chi connectivity index (χ1) is 7.02. The Morgan fingerprint density at radius 2 is 2.07 bits per heavy atom. The first-order valence-electron chi connectivity index (χ1n) is 5.04. The van der Waals surface area contributed by atoms with Crippen molar-refractivity contribution in [2.45, 2.75) is 19.8 Å². The summed E-state index contributed by atoms with van der Waals surface area (Å²) in [5.41, 5.74) is 0. The van der Waals surface area contributed by atoms with Crippen LogP contribution in [0.4, 0.5) is 0 Å². The van der Waals surface area contributed by atoms with E-state index in [9.17, 15) is 8.42 Å². The van der Waals surface area contributed by atoms with Crippen LogP contribution in [0.1, 0.15) is 19.8 Å². The minimum absolute atomic E-state index is 0.0110. The van der Waals surface area contributed by atoms with Crippen molar-refractivity contribution in [2.24, 2.45) is 5.92 Å². The van der Waals surface area contributed by atoms with Crippen LogP contribution in [0.25, 0.3) is 0 Å². The molecule has 0 heterocycles. The molecule has 4 nitrogen and oxygen atoms in total. The molecule has 6 heteroatoms. The average molecular weight is 258 g/mol. The fourth-order valence-corrected chi connectivity index (χ4v) is 2.76. The van der Waals surface area contributed by atoms with E-state index in [1.165, 1.54) is 0 Å². The molecule has 1 N–H and O–H groups in total. The molecule has 0 amide bonds. The summed E-state index contributed by atoms with van der Waals surface area (Å²) in [6.45, 7) is 2.96. The number of methoxy groups -OCH3 is 1. The SMILES string of the molecule is COCCCCNS(=O)(=O)CC(C)CCl. The topological polar surface area (TPSA) is 55.4 Å². The molecule has 0 saturated heterocycles. The monoisotopic (exact) mass is 257 g/mol. The van der Waals surface area contributed by atoms with E-state index < -0.39 is 10.0 Å². The standard InChI is InChI=1S/C9H20ClNO3S/c1-9(7-10)8-15(12,13)11-5-3-4-6-14-2/h9,11H,3-8H2,1-2H3. The van der Waals surface area contributed by atoms with Crippen molar-refractivity contribution in [3.63, 3.8) is 0 Å². The quantitative estimate of drug-likeness (QED) is 0.499. The lowest BCUT2D eigenvalue weighted by Crippen LogP contribution is -2.30. The van der Waals surface area contributed by atoms with Crippen molar-refractivity contribution >= 4 is 21.6 Å². The van der Waals surface area contributed by atoms with Crippen LogP contribution in [0.15, 0.2) is 0 Å². The van der Waals surface area contributed by atoms with Gasteiger partial charge < -0.3 is 4.74 Å². The zero-order valence-electron chi connectivity index (χ0n) is 9.33. The molecule has 0 saturated carbocycles. The van der Waals surface area contributed by atoms with Crippen LogP contribution >= 0.6 is 11.6 Å². The summed E-state index contributed by atoms with van der Waals surface area (Å²) in [5, 5.41) is 0. The van der Waals surface area contributed by atoms with Gasteiger partial charge in [-0.1, -0.05) is 6.92 Å². The zero-order valence-corrected chi connectivity index (χ0v) is 10.9. The van der Waals surface area contributed by atoms with Gasteiger partial charge in [0.05, 0.1) is 5.75 Å². The molecule has 0 aromatic carbocycles. The number of alkyl halides is 1. The van der Waals surface area contributed by atoms with Gasteiger partial charge in [-0.2, -0.15) is 0 Å². The van der Waals surface area contributed by atoms with Gasteiger partial charge in [0.15, 0.2) is 0 Å². The van der Waals surface area contributed by atoms with Crippen LogP contribution in [0.5, 0.6) is 0 Å². The van der Waals surface area contributed by atoms with Gasteiger partial charge in [-0.25, -0.2) is 13.1 Å². The van der Waals surface area contributed by atoms with Crippen LogP contribution in [-0.2, 0) is 14.8 Å². The largest absolute Gasteiger partial charge is 0.385 e. The summed E-state index contributed by atoms with van der Waals surface area (Å²) in [5.74, 6) is 0.453. The number of hydrogen-bond acceptors (Lipinski definition) is 3. The van der Waals surface area contributed by atoms with E-state index >= 15 is 0 Å². The fourth-order valence-electron chi connectivity index (χ4n) is 1.08. The van der Waals surface area contributed by atoms with Gasteiger partial charge in [-0.3, -0.25) is 0 Å². The second-order valence-corrected chi connectivity index (χ2v) is 5.80. The molecule has 0 aliphatic carbocycles. The predicted octanol–water partition coefficient (Wildman–Crippen LogP) is 1.21. The van der Waals surface area contributed by atoms with Gasteiger partial charge in [-0.15, -0.1) is 11.6 Å². The lowest BCUT2D eigenvalue weighted by Gasteiger charge is -2.09. The predicted molar refractivity (Wildman–Crippen MR) is 62.8 cm³/mol. The van der Waals surface area contributed by atoms with Crippen LogP contribution < -0.4 is 4.72 Å². The van der Waals surface area contributed by atoms with Gasteiger partial charge in [0.2, 0.25) is 10.0 Å². The Hall–Kier alpha value is 0.160. The third-order valence-corrected chi connectivity index (χ3v) is 4.04. The van der Waals surface area contributed by atoms with Crippen LogP contribution in [0.3, 0.4) is 0 Å². The molecule has 0 aromatic heterocycles. The van der Waals surface area contributed by atoms with Crippen molar-refractivity contribution in [3.8, 4) is 0 Å². The molecule has 1 atom stereocenters. The molecule has 0 rings (SSSR count). The highest BCUT2D eigenvalue weighted by molar-refractivity contribution is 7.89. The minimum Gasteiger partial charge on any atom is -0.385 e. The number of ether oxygens (including phenoxy) is 1. The van der Waals surface area contributed by atoms with E-state index in [0.717, 1.165) is 12.8 Å². The number of halogens is 1. The van der Waals surface area contributed by atoms with E-state index in [1.54, 1.807) is 7.11 Å². The molecule has 15 heavy (non-hydrogen) atoms. The van der Waals surface area contributed by atoms with E-state index in [4.69, 9.17) is 16.3 Å². The summed E-state index contributed by atoms with van der Waals surface area (Å²) in [7, 11) is -1.52. The molecule has 0 aliphatic rings. The van der Waals surface area contributed by atoms with Crippen molar-refractivity contribution in [1.82, 2.24) is 4.72 Å². The van der Waals surface area contributed by atoms with E-state index in [1.807, 2.05) is 6.92 Å². The van der Waals surface area contributed by atoms with Gasteiger partial charge in [0, 0.05) is 26.1 Å². The molecule has 0 aromatic rings. The Morgan fingerprint density at radius 1 is 1.40 bits per heavy atom. The number of nitrogens with one attached hydrogen (secondary N) is 1. The Bertz CT molecular complexity index is 244. The highest BCUT2D eigenvalue weighted by Gasteiger charge is 2.13. The molecular formula is C9H20ClNO3S. The van der Waals surface area contributed by atoms with Crippen molar-refractivity contribution in [2.75, 3.05) is 31.9 Å². The van der Waals surface area contributed by atoms with Gasteiger partial charge >= 0.3 is 0 Å². The first-order valence-corrected chi connectivity index (χ1v) is 7.22. The third kappa shape index (κ3) is 9.11. The summed E-state index contributed by atoms with van der Waals surface area (Å²) >= 11 is 5.55. The van der Waals surface area contributed by atoms with Gasteiger partial charge in [-0.05, 0) is 18.8 Å². The van der Waals surface area contributed by atoms with Gasteiger partial charge in [0.1, 0.15) is 0 Å². The number of hydrogen-bond donors (Lipinski definition) is 1. The normalized spacial score (nSPS) is 14.1. The van der Waals surface area contributed by atoms with E-state index in [2.05, 4.69) is 4.72 Å². The summed E-state index contributed by atoms with van der Waals surface area (Å²) < 4.78 is 30.3. The van der Waals surface area contributed by atoms with Gasteiger partial charge in [0.25, 0.3) is 0 Å². The Balaban J connectivity index is 3.65. The highest BCUT2D eigenvalue weighted by Crippen LogP contribution is 2.02. The lowest BCUT2D eigenvalue weighted by molar-refractivity contribution is 0.193. The maximum atomic E-state index is 11.4. The Morgan fingerprint density at radius 3 is 2.60 bits per heavy atom. The van der Waals surface area contributed by atoms with Crippen molar-refractivity contribution in [1.29, 1.82) is 0 Å². The second-order valence-electron chi connectivity index (χ2n) is 3.64. The Labute approximate surface area is 97.4 Å². The molecule has 1 unspecified atom stereocenters. The average Bonchev–Trinajstić information content (AvgIpc) is 2.16. The van der Waals surface area contributed by atoms with E-state index in [0.29, 0.717) is 19.0 Å². The molecule has 0 spiro atoms. The second kappa shape index (κ2) is 8.33. The van der Waals surface area contributed by atoms with Crippen LogP contribution in [0, 0.1) is 5.92 Å². The number of rotatable bonds is 9. The molecule has 0 bridgehead atoms. The lowest BCUT2D eigenvalue weighted by atomic mass is 10.3. The Kier molecular flexibility index (Phi) is 8.42.